The molecule has 0 aliphatic heterocycles. The van der Waals surface area contributed by atoms with Gasteiger partial charge in [-0.2, -0.15) is 0 Å². The van der Waals surface area contributed by atoms with Crippen molar-refractivity contribution < 1.29 is 14.2 Å². The standard InChI is InChI=1S/C7H16O3/c1-6(2)10-7(3,8-4)9-5/h6H,1-5H3. The van der Waals surface area contributed by atoms with E-state index in [0.717, 1.165) is 0 Å². The SMILES string of the molecule is COC(C)(OC)OC(C)C. The lowest BCUT2D eigenvalue weighted by molar-refractivity contribution is -0.361. The maximum absolute atomic E-state index is 5.29. The summed E-state index contributed by atoms with van der Waals surface area (Å²) in [6.07, 6.45) is 0.102. The van der Waals surface area contributed by atoms with Gasteiger partial charge in [0.05, 0.1) is 6.10 Å². The van der Waals surface area contributed by atoms with Gasteiger partial charge in [0.1, 0.15) is 0 Å². The van der Waals surface area contributed by atoms with Crippen molar-refractivity contribution in [3.8, 4) is 0 Å². The molecule has 0 saturated carbocycles. The summed E-state index contributed by atoms with van der Waals surface area (Å²) in [4.78, 5) is 0. The van der Waals surface area contributed by atoms with Crippen LogP contribution < -0.4 is 0 Å². The first-order valence-corrected chi connectivity index (χ1v) is 3.32. The molecule has 0 aromatic heterocycles. The molecular weight excluding hydrogens is 132 g/mol. The van der Waals surface area contributed by atoms with Crippen molar-refractivity contribution in [2.24, 2.45) is 0 Å². The molecule has 0 aliphatic rings. The van der Waals surface area contributed by atoms with Gasteiger partial charge < -0.3 is 14.2 Å². The van der Waals surface area contributed by atoms with Crippen LogP contribution in [0, 0.1) is 0 Å². The molecule has 0 atom stereocenters. The summed E-state index contributed by atoms with van der Waals surface area (Å²) in [5, 5.41) is 0. The lowest BCUT2D eigenvalue weighted by Gasteiger charge is -2.27. The van der Waals surface area contributed by atoms with Gasteiger partial charge in [-0.3, -0.25) is 0 Å². The number of hydrogen-bond donors (Lipinski definition) is 0. The summed E-state index contributed by atoms with van der Waals surface area (Å²) in [6.45, 7) is 5.58. The van der Waals surface area contributed by atoms with Crippen molar-refractivity contribution in [1.29, 1.82) is 0 Å². The van der Waals surface area contributed by atoms with Crippen LogP contribution in [0.1, 0.15) is 20.8 Å². The molecule has 0 amide bonds. The van der Waals surface area contributed by atoms with E-state index in [9.17, 15) is 0 Å². The lowest BCUT2D eigenvalue weighted by Crippen LogP contribution is -2.35. The average molecular weight is 148 g/mol. The third-order valence-corrected chi connectivity index (χ3v) is 1.19. The molecule has 0 unspecified atom stereocenters. The monoisotopic (exact) mass is 148 g/mol. The number of hydrogen-bond acceptors (Lipinski definition) is 3. The first-order valence-electron chi connectivity index (χ1n) is 3.32. The van der Waals surface area contributed by atoms with Crippen molar-refractivity contribution in [3.63, 3.8) is 0 Å². The van der Waals surface area contributed by atoms with Crippen molar-refractivity contribution in [2.75, 3.05) is 14.2 Å². The van der Waals surface area contributed by atoms with Crippen LogP contribution >= 0.6 is 0 Å². The van der Waals surface area contributed by atoms with Crippen molar-refractivity contribution in [1.82, 2.24) is 0 Å². The second kappa shape index (κ2) is 3.91. The van der Waals surface area contributed by atoms with E-state index in [2.05, 4.69) is 0 Å². The molecule has 0 saturated heterocycles. The maximum Gasteiger partial charge on any atom is 0.279 e. The third-order valence-electron chi connectivity index (χ3n) is 1.19. The Labute approximate surface area is 62.3 Å². The van der Waals surface area contributed by atoms with Crippen molar-refractivity contribution >= 4 is 0 Å². The predicted molar refractivity (Wildman–Crippen MR) is 38.6 cm³/mol. The zero-order valence-corrected chi connectivity index (χ0v) is 7.30. The summed E-state index contributed by atoms with van der Waals surface area (Å²) in [5.41, 5.74) is 0. The highest BCUT2D eigenvalue weighted by Gasteiger charge is 2.24. The Kier molecular flexibility index (Phi) is 3.86. The molecule has 0 aliphatic carbocycles. The second-order valence-electron chi connectivity index (χ2n) is 2.44. The number of ether oxygens (including phenoxy) is 3. The molecule has 0 N–H and O–H groups in total. The van der Waals surface area contributed by atoms with Crippen LogP contribution in [-0.4, -0.2) is 26.3 Å². The molecular formula is C7H16O3. The first-order chi connectivity index (χ1) is 4.54. The predicted octanol–water partition coefficient (Wildman–Crippen LogP) is 1.38. The van der Waals surface area contributed by atoms with E-state index in [-0.39, 0.29) is 6.10 Å². The average Bonchev–Trinajstić information content (AvgIpc) is 1.87. The summed E-state index contributed by atoms with van der Waals surface area (Å²) < 4.78 is 15.2. The van der Waals surface area contributed by atoms with Gasteiger partial charge in [-0.05, 0) is 13.8 Å². The summed E-state index contributed by atoms with van der Waals surface area (Å²) in [7, 11) is 3.10. The number of methoxy groups -OCH3 is 2. The van der Waals surface area contributed by atoms with Crippen LogP contribution in [0.15, 0.2) is 0 Å². The summed E-state index contributed by atoms with van der Waals surface area (Å²) >= 11 is 0. The van der Waals surface area contributed by atoms with Crippen molar-refractivity contribution in [3.05, 3.63) is 0 Å². The van der Waals surface area contributed by atoms with Crippen molar-refractivity contribution in [2.45, 2.75) is 32.8 Å². The van der Waals surface area contributed by atoms with Crippen LogP contribution in [0.2, 0.25) is 0 Å². The van der Waals surface area contributed by atoms with E-state index in [1.165, 1.54) is 0 Å². The molecule has 0 aromatic carbocycles. The molecule has 3 heteroatoms. The fourth-order valence-electron chi connectivity index (χ4n) is 0.608. The molecule has 62 valence electrons. The van der Waals surface area contributed by atoms with Gasteiger partial charge >= 0.3 is 0 Å². The van der Waals surface area contributed by atoms with E-state index in [1.54, 1.807) is 21.1 Å². The zero-order valence-electron chi connectivity index (χ0n) is 7.30. The number of rotatable bonds is 4. The normalized spacial score (nSPS) is 12.6. The smallest absolute Gasteiger partial charge is 0.279 e. The summed E-state index contributed by atoms with van der Waals surface area (Å²) in [5.74, 6) is -0.895. The van der Waals surface area contributed by atoms with E-state index < -0.39 is 5.97 Å². The van der Waals surface area contributed by atoms with Gasteiger partial charge in [0.25, 0.3) is 5.97 Å². The fraction of sp³-hybridized carbons (Fsp3) is 1.00. The van der Waals surface area contributed by atoms with Gasteiger partial charge in [0, 0.05) is 21.1 Å². The van der Waals surface area contributed by atoms with Crippen LogP contribution in [-0.2, 0) is 14.2 Å². The highest BCUT2D eigenvalue weighted by Crippen LogP contribution is 2.13. The Bertz CT molecular complexity index is 86.9. The van der Waals surface area contributed by atoms with Gasteiger partial charge in [0.2, 0.25) is 0 Å². The Balaban J connectivity index is 3.80. The first kappa shape index (κ1) is 9.88. The molecule has 0 spiro atoms. The van der Waals surface area contributed by atoms with Crippen LogP contribution in [0.25, 0.3) is 0 Å². The molecule has 3 nitrogen and oxygen atoms in total. The maximum atomic E-state index is 5.29. The third kappa shape index (κ3) is 3.15. The van der Waals surface area contributed by atoms with E-state index in [1.807, 2.05) is 13.8 Å². The summed E-state index contributed by atoms with van der Waals surface area (Å²) in [6, 6.07) is 0. The largest absolute Gasteiger partial charge is 0.331 e. The minimum Gasteiger partial charge on any atom is -0.331 e. The highest BCUT2D eigenvalue weighted by molar-refractivity contribution is 4.47. The van der Waals surface area contributed by atoms with E-state index >= 15 is 0 Å². The molecule has 10 heavy (non-hydrogen) atoms. The lowest BCUT2D eigenvalue weighted by atomic mass is 10.5. The Hall–Kier alpha value is -0.120. The molecule has 0 aromatic rings. The molecule has 0 bridgehead atoms. The van der Waals surface area contributed by atoms with Gasteiger partial charge in [-0.15, -0.1) is 0 Å². The van der Waals surface area contributed by atoms with Gasteiger partial charge in [-0.1, -0.05) is 0 Å². The van der Waals surface area contributed by atoms with Crippen LogP contribution in [0.4, 0.5) is 0 Å². The quantitative estimate of drug-likeness (QED) is 0.564. The zero-order chi connectivity index (χ0) is 8.20. The minimum atomic E-state index is -0.895. The Morgan fingerprint density at radius 2 is 1.50 bits per heavy atom. The molecule has 0 fully saturated rings. The minimum absolute atomic E-state index is 0.102. The van der Waals surface area contributed by atoms with Crippen LogP contribution in [0.3, 0.4) is 0 Å². The van der Waals surface area contributed by atoms with E-state index in [4.69, 9.17) is 14.2 Å². The molecule has 0 rings (SSSR count). The van der Waals surface area contributed by atoms with Crippen LogP contribution in [0.5, 0.6) is 0 Å². The second-order valence-corrected chi connectivity index (χ2v) is 2.44. The molecule has 0 radical (unpaired) electrons. The van der Waals surface area contributed by atoms with Gasteiger partial charge in [-0.25, -0.2) is 0 Å². The van der Waals surface area contributed by atoms with E-state index in [0.29, 0.717) is 0 Å². The topological polar surface area (TPSA) is 27.7 Å². The highest BCUT2D eigenvalue weighted by atomic mass is 16.9. The molecule has 0 heterocycles. The Morgan fingerprint density at radius 1 is 1.10 bits per heavy atom. The van der Waals surface area contributed by atoms with Gasteiger partial charge in [0.15, 0.2) is 0 Å². The Morgan fingerprint density at radius 3 is 1.60 bits per heavy atom. The fourth-order valence-corrected chi connectivity index (χ4v) is 0.608.